The molecule has 0 N–H and O–H groups in total. The average molecular weight is 891 g/mol. The van der Waals surface area contributed by atoms with Gasteiger partial charge < -0.3 is 28.4 Å². The van der Waals surface area contributed by atoms with Crippen LogP contribution < -0.4 is 18.9 Å². The third-order valence-electron chi connectivity index (χ3n) is 12.1. The number of carbonyl (C=O) groups excluding carboxylic acids is 2. The Labute approximate surface area is 390 Å². The summed E-state index contributed by atoms with van der Waals surface area (Å²) in [7, 11) is 0. The summed E-state index contributed by atoms with van der Waals surface area (Å²) in [6, 6.07) is 42.4. The van der Waals surface area contributed by atoms with E-state index in [4.69, 9.17) is 28.4 Å². The molecule has 0 aliphatic rings. The maximum atomic E-state index is 13.4. The number of carbonyl (C=O) groups is 2. The predicted molar refractivity (Wildman–Crippen MR) is 267 cm³/mol. The molecule has 0 amide bonds. The molecule has 0 fully saturated rings. The summed E-state index contributed by atoms with van der Waals surface area (Å²) >= 11 is 0. The summed E-state index contributed by atoms with van der Waals surface area (Å²) in [6.45, 7) is 6.87. The van der Waals surface area contributed by atoms with Gasteiger partial charge in [0.1, 0.15) is 49.4 Å². The van der Waals surface area contributed by atoms with Crippen LogP contribution in [0.1, 0.15) is 103 Å². The molecule has 0 aromatic heterocycles. The largest absolute Gasteiger partial charge is 0.489 e. The standard InChI is InChI=1S/C58H66O8/c1-4-7-9-11-13-33-55(59)65-45(38-61-53-31-21-25-43-23-15-17-27-47(43)53)40-63-57-49-29-19-20-30-50(49)58(52-37-42(6-3)35-36-51(52)57)64-41-46(66-56(60)34-14-12-10-8-5-2)39-62-54-32-22-26-44-24-16-18-28-48(44)54/h15-32,35-37,45-46H,4-14,33-34,38-41H2,1-3H3. The van der Waals surface area contributed by atoms with E-state index < -0.39 is 12.2 Å². The zero-order valence-electron chi connectivity index (χ0n) is 39.1. The van der Waals surface area contributed by atoms with E-state index in [-0.39, 0.29) is 38.4 Å². The molecule has 0 heterocycles. The Morgan fingerprint density at radius 2 is 0.818 bits per heavy atom. The number of hydrogen-bond acceptors (Lipinski definition) is 8. The van der Waals surface area contributed by atoms with E-state index in [0.717, 1.165) is 131 Å². The van der Waals surface area contributed by atoms with E-state index in [0.29, 0.717) is 24.3 Å². The fourth-order valence-corrected chi connectivity index (χ4v) is 8.51. The second-order valence-corrected chi connectivity index (χ2v) is 17.2. The third-order valence-corrected chi connectivity index (χ3v) is 12.1. The normalized spacial score (nSPS) is 12.3. The predicted octanol–water partition coefficient (Wildman–Crippen LogP) is 14.3. The summed E-state index contributed by atoms with van der Waals surface area (Å²) in [5.74, 6) is 2.24. The Morgan fingerprint density at radius 3 is 1.30 bits per heavy atom. The second kappa shape index (κ2) is 24.9. The number of aryl methyl sites for hydroxylation is 1. The van der Waals surface area contributed by atoms with Crippen molar-refractivity contribution in [3.8, 4) is 23.0 Å². The highest BCUT2D eigenvalue weighted by Gasteiger charge is 2.24. The molecule has 7 aromatic rings. The van der Waals surface area contributed by atoms with Crippen LogP contribution in [0.25, 0.3) is 43.1 Å². The topological polar surface area (TPSA) is 89.5 Å². The van der Waals surface area contributed by atoms with Gasteiger partial charge in [-0.1, -0.05) is 181 Å². The number of unbranched alkanes of at least 4 members (excludes halogenated alkanes) is 8. The van der Waals surface area contributed by atoms with Crippen LogP contribution in [0.4, 0.5) is 0 Å². The van der Waals surface area contributed by atoms with Crippen molar-refractivity contribution in [2.75, 3.05) is 26.4 Å². The lowest BCUT2D eigenvalue weighted by Crippen LogP contribution is -2.31. The zero-order valence-corrected chi connectivity index (χ0v) is 39.1. The van der Waals surface area contributed by atoms with E-state index in [1.54, 1.807) is 0 Å². The van der Waals surface area contributed by atoms with Crippen LogP contribution in [0.2, 0.25) is 0 Å². The first-order valence-corrected chi connectivity index (χ1v) is 24.3. The van der Waals surface area contributed by atoms with Crippen LogP contribution in [0.15, 0.2) is 127 Å². The summed E-state index contributed by atoms with van der Waals surface area (Å²) in [6.07, 6.45) is 10.5. The smallest absolute Gasteiger partial charge is 0.306 e. The van der Waals surface area contributed by atoms with Crippen molar-refractivity contribution in [2.24, 2.45) is 0 Å². The van der Waals surface area contributed by atoms with Crippen molar-refractivity contribution < 1.29 is 38.0 Å². The highest BCUT2D eigenvalue weighted by molar-refractivity contribution is 6.11. The van der Waals surface area contributed by atoms with E-state index in [9.17, 15) is 9.59 Å². The van der Waals surface area contributed by atoms with Crippen LogP contribution in [0.5, 0.6) is 23.0 Å². The number of rotatable bonds is 27. The Hall–Kier alpha value is -6.28. The van der Waals surface area contributed by atoms with Crippen molar-refractivity contribution in [1.82, 2.24) is 0 Å². The minimum absolute atomic E-state index is 0.0726. The minimum Gasteiger partial charge on any atom is -0.489 e. The molecule has 2 unspecified atom stereocenters. The van der Waals surface area contributed by atoms with Crippen LogP contribution in [0, 0.1) is 0 Å². The molecule has 0 bridgehead atoms. The molecule has 0 saturated carbocycles. The quantitative estimate of drug-likeness (QED) is 0.0287. The highest BCUT2D eigenvalue weighted by atomic mass is 16.6. The number of benzene rings is 7. The lowest BCUT2D eigenvalue weighted by atomic mass is 9.98. The Bertz CT molecular complexity index is 2640. The summed E-state index contributed by atoms with van der Waals surface area (Å²) in [5, 5.41) is 7.51. The number of fused-ring (bicyclic) bond motifs is 4. The van der Waals surface area contributed by atoms with Gasteiger partial charge >= 0.3 is 11.9 Å². The molecule has 0 saturated heterocycles. The van der Waals surface area contributed by atoms with Crippen molar-refractivity contribution >= 4 is 55.0 Å². The molecule has 0 aliphatic carbocycles. The van der Waals surface area contributed by atoms with Crippen molar-refractivity contribution in [3.63, 3.8) is 0 Å². The monoisotopic (exact) mass is 890 g/mol. The lowest BCUT2D eigenvalue weighted by molar-refractivity contribution is -0.153. The van der Waals surface area contributed by atoms with Crippen LogP contribution in [-0.2, 0) is 25.5 Å². The van der Waals surface area contributed by atoms with Gasteiger partial charge in [0, 0.05) is 45.2 Å². The molecule has 0 spiro atoms. The van der Waals surface area contributed by atoms with Gasteiger partial charge in [0.2, 0.25) is 0 Å². The zero-order chi connectivity index (χ0) is 45.9. The molecule has 7 rings (SSSR count). The maximum Gasteiger partial charge on any atom is 0.306 e. The fourth-order valence-electron chi connectivity index (χ4n) is 8.51. The van der Waals surface area contributed by atoms with Gasteiger partial charge in [-0.3, -0.25) is 9.59 Å². The van der Waals surface area contributed by atoms with Crippen LogP contribution in [0.3, 0.4) is 0 Å². The van der Waals surface area contributed by atoms with E-state index in [1.165, 1.54) is 0 Å². The first-order chi connectivity index (χ1) is 32.4. The molecule has 66 heavy (non-hydrogen) atoms. The molecule has 0 aliphatic heterocycles. The molecular weight excluding hydrogens is 825 g/mol. The maximum absolute atomic E-state index is 13.4. The SMILES string of the molecule is CCCCCCCC(=O)OC(COc1cccc2ccccc12)COc1c2ccccc2c(OCC(COc2cccc3ccccc23)OC(=O)CCCCCCC)c2cc(CC)ccc12. The van der Waals surface area contributed by atoms with Crippen molar-refractivity contribution in [1.29, 1.82) is 0 Å². The molecule has 8 heteroatoms. The Morgan fingerprint density at radius 1 is 0.409 bits per heavy atom. The van der Waals surface area contributed by atoms with Crippen molar-refractivity contribution in [2.45, 2.75) is 116 Å². The number of ether oxygens (including phenoxy) is 6. The van der Waals surface area contributed by atoms with Gasteiger partial charge in [-0.15, -0.1) is 0 Å². The highest BCUT2D eigenvalue weighted by Crippen LogP contribution is 2.43. The summed E-state index contributed by atoms with van der Waals surface area (Å²) in [4.78, 5) is 26.7. The van der Waals surface area contributed by atoms with Crippen LogP contribution >= 0.6 is 0 Å². The summed E-state index contributed by atoms with van der Waals surface area (Å²) < 4.78 is 38.8. The minimum atomic E-state index is -0.685. The van der Waals surface area contributed by atoms with E-state index >= 15 is 0 Å². The van der Waals surface area contributed by atoms with Gasteiger partial charge in [0.15, 0.2) is 12.2 Å². The number of hydrogen-bond donors (Lipinski definition) is 0. The average Bonchev–Trinajstić information content (AvgIpc) is 3.35. The van der Waals surface area contributed by atoms with Gasteiger partial charge in [0.05, 0.1) is 0 Å². The van der Waals surface area contributed by atoms with Gasteiger partial charge in [0.25, 0.3) is 0 Å². The third kappa shape index (κ3) is 13.0. The molecular formula is C58H66O8. The first-order valence-electron chi connectivity index (χ1n) is 24.3. The Kier molecular flexibility index (Phi) is 18.0. The van der Waals surface area contributed by atoms with Gasteiger partial charge in [-0.2, -0.15) is 0 Å². The fraction of sp³-hybridized carbons (Fsp3) is 0.379. The lowest BCUT2D eigenvalue weighted by Gasteiger charge is -2.24. The van der Waals surface area contributed by atoms with Gasteiger partial charge in [-0.05, 0) is 53.8 Å². The van der Waals surface area contributed by atoms with Gasteiger partial charge in [-0.25, -0.2) is 0 Å². The number of esters is 2. The molecule has 8 nitrogen and oxygen atoms in total. The van der Waals surface area contributed by atoms with E-state index in [2.05, 4.69) is 63.2 Å². The summed E-state index contributed by atoms with van der Waals surface area (Å²) in [5.41, 5.74) is 1.13. The molecule has 7 aromatic carbocycles. The van der Waals surface area contributed by atoms with E-state index in [1.807, 2.05) is 84.9 Å². The Balaban J connectivity index is 1.15. The second-order valence-electron chi connectivity index (χ2n) is 17.2. The molecule has 0 radical (unpaired) electrons. The van der Waals surface area contributed by atoms with Crippen molar-refractivity contribution in [3.05, 3.63) is 133 Å². The molecule has 2 atom stereocenters. The first kappa shape index (κ1) is 47.7. The molecule has 346 valence electrons. The van der Waals surface area contributed by atoms with Crippen LogP contribution in [-0.4, -0.2) is 50.6 Å².